The number of alkyl halides is 1. The molecule has 5 heteroatoms. The maximum Gasteiger partial charge on any atom is 0.160 e. The fourth-order valence-corrected chi connectivity index (χ4v) is 3.72. The van der Waals surface area contributed by atoms with E-state index in [2.05, 4.69) is 34.8 Å². The summed E-state index contributed by atoms with van der Waals surface area (Å²) in [5, 5.41) is 2.16. The molecule has 0 spiro atoms. The number of halogens is 1. The Bertz CT molecular complexity index is 760. The Morgan fingerprint density at radius 2 is 2.19 bits per heavy atom. The number of imidazole rings is 1. The van der Waals surface area contributed by atoms with Gasteiger partial charge in [-0.15, -0.1) is 22.9 Å². The van der Waals surface area contributed by atoms with E-state index in [0.29, 0.717) is 5.88 Å². The number of aryl methyl sites for hydroxylation is 3. The topological polar surface area (TPSA) is 30.7 Å². The molecule has 3 heterocycles. The zero-order chi connectivity index (χ0) is 14.8. The number of hydrogen-bond donors (Lipinski definition) is 0. The van der Waals surface area contributed by atoms with Gasteiger partial charge in [0.15, 0.2) is 5.65 Å². The Balaban J connectivity index is 2.11. The predicted octanol–water partition coefficient (Wildman–Crippen LogP) is 4.19. The minimum absolute atomic E-state index is 0.577. The molecule has 3 aromatic rings. The third-order valence-corrected chi connectivity index (χ3v) is 4.89. The van der Waals surface area contributed by atoms with E-state index >= 15 is 0 Å². The van der Waals surface area contributed by atoms with Crippen LogP contribution in [-0.4, -0.2) is 20.4 Å². The third-order valence-electron chi connectivity index (χ3n) is 3.75. The van der Waals surface area contributed by atoms with E-state index in [1.54, 1.807) is 11.3 Å². The smallest absolute Gasteiger partial charge is 0.160 e. The summed E-state index contributed by atoms with van der Waals surface area (Å²) in [6.07, 6.45) is 3.68. The largest absolute Gasteiger partial charge is 0.307 e. The van der Waals surface area contributed by atoms with Crippen LogP contribution >= 0.6 is 22.9 Å². The normalized spacial score (nSPS) is 11.4. The molecule has 0 fully saturated rings. The molecule has 0 saturated carbocycles. The van der Waals surface area contributed by atoms with Crippen molar-refractivity contribution in [1.29, 1.82) is 0 Å². The van der Waals surface area contributed by atoms with Gasteiger partial charge in [0.05, 0.1) is 6.54 Å². The SMILES string of the molecule is CCc1ccsc1Cn1c(CCCl)nc2c(C)ccnc21. The Kier molecular flexibility index (Phi) is 4.27. The van der Waals surface area contributed by atoms with Crippen molar-refractivity contribution in [1.82, 2.24) is 14.5 Å². The molecule has 0 radical (unpaired) electrons. The maximum atomic E-state index is 5.94. The number of pyridine rings is 1. The lowest BCUT2D eigenvalue weighted by Crippen LogP contribution is -2.06. The van der Waals surface area contributed by atoms with Crippen LogP contribution in [0.4, 0.5) is 0 Å². The van der Waals surface area contributed by atoms with E-state index in [0.717, 1.165) is 41.9 Å². The van der Waals surface area contributed by atoms with Crippen molar-refractivity contribution >= 4 is 34.1 Å². The Morgan fingerprint density at radius 1 is 1.33 bits per heavy atom. The standard InChI is InChI=1S/C16H18ClN3S/c1-3-12-6-9-21-13(12)10-20-14(4-7-17)19-15-11(2)5-8-18-16(15)20/h5-6,8-9H,3-4,7,10H2,1-2H3. The first-order valence-corrected chi connectivity index (χ1v) is 8.58. The first-order valence-electron chi connectivity index (χ1n) is 7.16. The Hall–Kier alpha value is -1.39. The van der Waals surface area contributed by atoms with Gasteiger partial charge in [-0.3, -0.25) is 0 Å². The molecule has 21 heavy (non-hydrogen) atoms. The molecule has 0 atom stereocenters. The molecule has 0 aliphatic carbocycles. The van der Waals surface area contributed by atoms with Gasteiger partial charge in [-0.1, -0.05) is 6.92 Å². The lowest BCUT2D eigenvalue weighted by atomic mass is 10.2. The number of fused-ring (bicyclic) bond motifs is 1. The molecule has 3 nitrogen and oxygen atoms in total. The van der Waals surface area contributed by atoms with E-state index in [1.165, 1.54) is 10.4 Å². The number of thiophene rings is 1. The summed E-state index contributed by atoms with van der Waals surface area (Å²) in [5.74, 6) is 1.60. The van der Waals surface area contributed by atoms with Crippen LogP contribution in [0.15, 0.2) is 23.7 Å². The molecule has 110 valence electrons. The average molecular weight is 320 g/mol. The highest BCUT2D eigenvalue weighted by Gasteiger charge is 2.15. The van der Waals surface area contributed by atoms with Gasteiger partial charge in [-0.2, -0.15) is 0 Å². The van der Waals surface area contributed by atoms with Gasteiger partial charge in [0.2, 0.25) is 0 Å². The van der Waals surface area contributed by atoms with Crippen molar-refractivity contribution in [3.63, 3.8) is 0 Å². The molecule has 0 aliphatic rings. The second-order valence-electron chi connectivity index (χ2n) is 5.08. The van der Waals surface area contributed by atoms with Gasteiger partial charge in [0, 0.05) is 23.4 Å². The second kappa shape index (κ2) is 6.16. The van der Waals surface area contributed by atoms with Crippen molar-refractivity contribution in [2.75, 3.05) is 5.88 Å². The monoisotopic (exact) mass is 319 g/mol. The highest BCUT2D eigenvalue weighted by molar-refractivity contribution is 7.10. The molecule has 0 amide bonds. The van der Waals surface area contributed by atoms with Gasteiger partial charge in [-0.25, -0.2) is 9.97 Å². The van der Waals surface area contributed by atoms with Crippen LogP contribution in [0.1, 0.15) is 28.8 Å². The van der Waals surface area contributed by atoms with Crippen LogP contribution in [0.2, 0.25) is 0 Å². The van der Waals surface area contributed by atoms with Gasteiger partial charge in [0.25, 0.3) is 0 Å². The van der Waals surface area contributed by atoms with Crippen molar-refractivity contribution in [3.8, 4) is 0 Å². The van der Waals surface area contributed by atoms with Crippen molar-refractivity contribution < 1.29 is 0 Å². The van der Waals surface area contributed by atoms with E-state index in [1.807, 2.05) is 12.3 Å². The van der Waals surface area contributed by atoms with Crippen LogP contribution in [0, 0.1) is 6.92 Å². The minimum atomic E-state index is 0.577. The van der Waals surface area contributed by atoms with Gasteiger partial charge >= 0.3 is 0 Å². The highest BCUT2D eigenvalue weighted by Crippen LogP contribution is 2.24. The summed E-state index contributed by atoms with van der Waals surface area (Å²) in [5.41, 5.74) is 4.53. The van der Waals surface area contributed by atoms with E-state index in [4.69, 9.17) is 16.6 Å². The first-order chi connectivity index (χ1) is 10.2. The molecule has 0 saturated heterocycles. The number of aromatic nitrogens is 3. The molecule has 3 aromatic heterocycles. The highest BCUT2D eigenvalue weighted by atomic mass is 35.5. The molecule has 0 aromatic carbocycles. The summed E-state index contributed by atoms with van der Waals surface area (Å²) in [7, 11) is 0. The maximum absolute atomic E-state index is 5.94. The zero-order valence-corrected chi connectivity index (χ0v) is 13.8. The third kappa shape index (κ3) is 2.70. The molecule has 0 unspecified atom stereocenters. The number of rotatable bonds is 5. The van der Waals surface area contributed by atoms with Crippen LogP contribution < -0.4 is 0 Å². The lowest BCUT2D eigenvalue weighted by Gasteiger charge is -2.08. The van der Waals surface area contributed by atoms with Crippen LogP contribution in [0.5, 0.6) is 0 Å². The van der Waals surface area contributed by atoms with Gasteiger partial charge in [0.1, 0.15) is 11.3 Å². The summed E-state index contributed by atoms with van der Waals surface area (Å²) in [4.78, 5) is 10.7. The number of nitrogens with zero attached hydrogens (tertiary/aromatic N) is 3. The predicted molar refractivity (Wildman–Crippen MR) is 89.5 cm³/mol. The summed E-state index contributed by atoms with van der Waals surface area (Å²) < 4.78 is 2.22. The Morgan fingerprint density at radius 3 is 2.95 bits per heavy atom. The fourth-order valence-electron chi connectivity index (χ4n) is 2.59. The first kappa shape index (κ1) is 14.5. The molecular weight excluding hydrogens is 302 g/mol. The number of hydrogen-bond acceptors (Lipinski definition) is 3. The quantitative estimate of drug-likeness (QED) is 0.660. The molecule has 0 bridgehead atoms. The summed E-state index contributed by atoms with van der Waals surface area (Å²) >= 11 is 7.75. The second-order valence-corrected chi connectivity index (χ2v) is 6.45. The van der Waals surface area contributed by atoms with Crippen molar-refractivity contribution in [2.45, 2.75) is 33.2 Å². The van der Waals surface area contributed by atoms with Crippen LogP contribution in [-0.2, 0) is 19.4 Å². The molecule has 3 rings (SSSR count). The van der Waals surface area contributed by atoms with E-state index in [9.17, 15) is 0 Å². The lowest BCUT2D eigenvalue weighted by molar-refractivity contribution is 0.751. The summed E-state index contributed by atoms with van der Waals surface area (Å²) in [6.45, 7) is 5.11. The minimum Gasteiger partial charge on any atom is -0.307 e. The van der Waals surface area contributed by atoms with Crippen molar-refractivity contribution in [2.24, 2.45) is 0 Å². The van der Waals surface area contributed by atoms with Gasteiger partial charge in [-0.05, 0) is 42.0 Å². The average Bonchev–Trinajstić information content (AvgIpc) is 3.06. The fraction of sp³-hybridized carbons (Fsp3) is 0.375. The summed E-state index contributed by atoms with van der Waals surface area (Å²) in [6, 6.07) is 4.21. The van der Waals surface area contributed by atoms with Crippen LogP contribution in [0.3, 0.4) is 0 Å². The Labute approximate surface area is 133 Å². The molecule has 0 aliphatic heterocycles. The molecule has 0 N–H and O–H groups in total. The molecular formula is C16H18ClN3S. The van der Waals surface area contributed by atoms with E-state index < -0.39 is 0 Å². The van der Waals surface area contributed by atoms with E-state index in [-0.39, 0.29) is 0 Å². The van der Waals surface area contributed by atoms with Gasteiger partial charge < -0.3 is 4.57 Å². The zero-order valence-electron chi connectivity index (χ0n) is 12.3. The van der Waals surface area contributed by atoms with Crippen molar-refractivity contribution in [3.05, 3.63) is 45.5 Å². The van der Waals surface area contributed by atoms with Crippen LogP contribution in [0.25, 0.3) is 11.2 Å².